The molecule has 0 fully saturated rings. The highest BCUT2D eigenvalue weighted by Crippen LogP contribution is 2.24. The highest BCUT2D eigenvalue weighted by Gasteiger charge is 2.12. The second-order valence-electron chi connectivity index (χ2n) is 6.29. The van der Waals surface area contributed by atoms with Gasteiger partial charge in [-0.3, -0.25) is 4.79 Å². The van der Waals surface area contributed by atoms with Crippen LogP contribution in [-0.4, -0.2) is 33.5 Å². The van der Waals surface area contributed by atoms with Crippen LogP contribution in [0.25, 0.3) is 0 Å². The smallest absolute Gasteiger partial charge is 0.234 e. The summed E-state index contributed by atoms with van der Waals surface area (Å²) in [6, 6.07) is 13.1. The molecular formula is C20H22ClN5O2S. The van der Waals surface area contributed by atoms with E-state index in [1.54, 1.807) is 13.2 Å². The minimum Gasteiger partial charge on any atom is -0.497 e. The molecule has 7 nitrogen and oxygen atoms in total. The fourth-order valence-corrected chi connectivity index (χ4v) is 3.48. The number of benzene rings is 2. The minimum atomic E-state index is -0.124. The van der Waals surface area contributed by atoms with Crippen LogP contribution in [0.15, 0.2) is 47.6 Å². The second kappa shape index (κ2) is 9.67. The first kappa shape index (κ1) is 21.0. The maximum Gasteiger partial charge on any atom is 0.234 e. The van der Waals surface area contributed by atoms with Crippen molar-refractivity contribution >= 4 is 40.6 Å². The van der Waals surface area contributed by atoms with Crippen molar-refractivity contribution in [3.05, 3.63) is 58.9 Å². The Kier molecular flexibility index (Phi) is 7.00. The number of amides is 1. The Morgan fingerprint density at radius 3 is 2.69 bits per heavy atom. The number of methoxy groups -OCH3 is 1. The van der Waals surface area contributed by atoms with Crippen molar-refractivity contribution in [2.45, 2.75) is 18.6 Å². The van der Waals surface area contributed by atoms with Crippen LogP contribution in [0, 0.1) is 6.92 Å². The fraction of sp³-hybridized carbons (Fsp3) is 0.250. The molecule has 0 aliphatic rings. The van der Waals surface area contributed by atoms with E-state index in [4.69, 9.17) is 16.3 Å². The summed E-state index contributed by atoms with van der Waals surface area (Å²) in [5.74, 6) is 1.68. The molecule has 0 saturated heterocycles. The van der Waals surface area contributed by atoms with Crippen LogP contribution >= 0.6 is 23.4 Å². The van der Waals surface area contributed by atoms with Crippen molar-refractivity contribution in [3.63, 3.8) is 0 Å². The summed E-state index contributed by atoms with van der Waals surface area (Å²) in [6.45, 7) is 2.39. The lowest BCUT2D eigenvalue weighted by atomic mass is 10.2. The molecule has 1 aromatic heterocycles. The first-order chi connectivity index (χ1) is 14.0. The Labute approximate surface area is 178 Å². The zero-order valence-electron chi connectivity index (χ0n) is 16.4. The summed E-state index contributed by atoms with van der Waals surface area (Å²) in [4.78, 5) is 12.3. The SMILES string of the molecule is COc1ccc(NCc2nnc(SCC(=O)Nc3cccc(Cl)c3C)n2C)cc1. The van der Waals surface area contributed by atoms with Gasteiger partial charge in [-0.05, 0) is 48.9 Å². The number of nitrogens with one attached hydrogen (secondary N) is 2. The third-order valence-corrected chi connectivity index (χ3v) is 5.77. The van der Waals surface area contributed by atoms with Crippen molar-refractivity contribution in [1.82, 2.24) is 14.8 Å². The molecule has 0 radical (unpaired) electrons. The fourth-order valence-electron chi connectivity index (χ4n) is 2.57. The second-order valence-corrected chi connectivity index (χ2v) is 7.64. The Balaban J connectivity index is 1.53. The van der Waals surface area contributed by atoms with Crippen LogP contribution in [0.5, 0.6) is 5.75 Å². The van der Waals surface area contributed by atoms with Gasteiger partial charge in [-0.2, -0.15) is 0 Å². The normalized spacial score (nSPS) is 10.6. The average Bonchev–Trinajstić information content (AvgIpc) is 3.08. The molecule has 1 amide bonds. The van der Waals surface area contributed by atoms with E-state index in [2.05, 4.69) is 20.8 Å². The van der Waals surface area contributed by atoms with Gasteiger partial charge in [-0.15, -0.1) is 10.2 Å². The molecular weight excluding hydrogens is 410 g/mol. The van der Waals surface area contributed by atoms with Gasteiger partial charge in [0.2, 0.25) is 5.91 Å². The number of halogens is 1. The van der Waals surface area contributed by atoms with E-state index < -0.39 is 0 Å². The van der Waals surface area contributed by atoms with Crippen molar-refractivity contribution in [3.8, 4) is 5.75 Å². The average molecular weight is 432 g/mol. The molecule has 29 heavy (non-hydrogen) atoms. The lowest BCUT2D eigenvalue weighted by Crippen LogP contribution is -2.15. The number of carbonyl (C=O) groups is 1. The van der Waals surface area contributed by atoms with Gasteiger partial charge in [0.15, 0.2) is 11.0 Å². The third kappa shape index (κ3) is 5.42. The van der Waals surface area contributed by atoms with Gasteiger partial charge in [0.25, 0.3) is 0 Å². The van der Waals surface area contributed by atoms with Crippen molar-refractivity contribution in [2.75, 3.05) is 23.5 Å². The van der Waals surface area contributed by atoms with Gasteiger partial charge in [0, 0.05) is 23.4 Å². The number of aromatic nitrogens is 3. The molecule has 3 aromatic rings. The van der Waals surface area contributed by atoms with E-state index in [-0.39, 0.29) is 11.7 Å². The van der Waals surface area contributed by atoms with Crippen LogP contribution < -0.4 is 15.4 Å². The third-order valence-electron chi connectivity index (χ3n) is 4.34. The van der Waals surface area contributed by atoms with E-state index in [9.17, 15) is 4.79 Å². The predicted octanol–water partition coefficient (Wildman–Crippen LogP) is 4.13. The maximum absolute atomic E-state index is 12.3. The van der Waals surface area contributed by atoms with E-state index in [0.717, 1.165) is 22.8 Å². The molecule has 1 heterocycles. The summed E-state index contributed by atoms with van der Waals surface area (Å²) in [7, 11) is 3.52. The van der Waals surface area contributed by atoms with Crippen molar-refractivity contribution in [2.24, 2.45) is 7.05 Å². The first-order valence-corrected chi connectivity index (χ1v) is 10.3. The van der Waals surface area contributed by atoms with Gasteiger partial charge in [-0.25, -0.2) is 0 Å². The van der Waals surface area contributed by atoms with Gasteiger partial charge in [0.05, 0.1) is 19.4 Å². The maximum atomic E-state index is 12.3. The van der Waals surface area contributed by atoms with Gasteiger partial charge in [-0.1, -0.05) is 29.4 Å². The largest absolute Gasteiger partial charge is 0.497 e. The number of anilines is 2. The van der Waals surface area contributed by atoms with Crippen molar-refractivity contribution in [1.29, 1.82) is 0 Å². The summed E-state index contributed by atoms with van der Waals surface area (Å²) in [6.07, 6.45) is 0. The Morgan fingerprint density at radius 1 is 1.21 bits per heavy atom. The summed E-state index contributed by atoms with van der Waals surface area (Å²) in [5.41, 5.74) is 2.52. The Hall–Kier alpha value is -2.71. The number of rotatable bonds is 8. The molecule has 0 saturated carbocycles. The first-order valence-electron chi connectivity index (χ1n) is 8.92. The van der Waals surface area contributed by atoms with Crippen molar-refractivity contribution < 1.29 is 9.53 Å². The Morgan fingerprint density at radius 2 is 1.97 bits per heavy atom. The number of hydrogen-bond acceptors (Lipinski definition) is 6. The lowest BCUT2D eigenvalue weighted by Gasteiger charge is -2.09. The monoisotopic (exact) mass is 431 g/mol. The minimum absolute atomic E-state index is 0.124. The van der Waals surface area contributed by atoms with Crippen LogP contribution in [-0.2, 0) is 18.4 Å². The molecule has 0 unspecified atom stereocenters. The number of hydrogen-bond donors (Lipinski definition) is 2. The van der Waals surface area contributed by atoms with E-state index in [1.165, 1.54) is 11.8 Å². The van der Waals surface area contributed by atoms with Crippen LogP contribution in [0.1, 0.15) is 11.4 Å². The highest BCUT2D eigenvalue weighted by atomic mass is 35.5. The summed E-state index contributed by atoms with van der Waals surface area (Å²) in [5, 5.41) is 15.9. The highest BCUT2D eigenvalue weighted by molar-refractivity contribution is 7.99. The zero-order valence-corrected chi connectivity index (χ0v) is 18.0. The summed E-state index contributed by atoms with van der Waals surface area (Å²) >= 11 is 7.42. The molecule has 0 atom stereocenters. The Bertz CT molecular complexity index is 991. The molecule has 3 rings (SSSR count). The molecule has 0 bridgehead atoms. The molecule has 0 aliphatic heterocycles. The summed E-state index contributed by atoms with van der Waals surface area (Å²) < 4.78 is 7.03. The van der Waals surface area contributed by atoms with Crippen LogP contribution in [0.4, 0.5) is 11.4 Å². The lowest BCUT2D eigenvalue weighted by molar-refractivity contribution is -0.113. The molecule has 0 spiro atoms. The molecule has 152 valence electrons. The standard InChI is InChI=1S/C20H22ClN5O2S/c1-13-16(21)5-4-6-17(13)23-19(27)12-29-20-25-24-18(26(20)2)11-22-14-7-9-15(28-3)10-8-14/h4-10,22H,11-12H2,1-3H3,(H,23,27). The van der Waals surface area contributed by atoms with E-state index in [1.807, 2.05) is 54.9 Å². The zero-order chi connectivity index (χ0) is 20.8. The van der Waals surface area contributed by atoms with E-state index >= 15 is 0 Å². The van der Waals surface area contributed by atoms with Crippen LogP contribution in [0.3, 0.4) is 0 Å². The molecule has 9 heteroatoms. The quantitative estimate of drug-likeness (QED) is 0.522. The number of nitrogens with zero attached hydrogens (tertiary/aromatic N) is 3. The van der Waals surface area contributed by atoms with Crippen LogP contribution in [0.2, 0.25) is 5.02 Å². The van der Waals surface area contributed by atoms with Gasteiger partial charge in [0.1, 0.15) is 5.75 Å². The molecule has 2 aromatic carbocycles. The van der Waals surface area contributed by atoms with Gasteiger partial charge < -0.3 is 19.9 Å². The number of ether oxygens (including phenoxy) is 1. The molecule has 2 N–H and O–H groups in total. The van der Waals surface area contributed by atoms with Gasteiger partial charge >= 0.3 is 0 Å². The predicted molar refractivity (Wildman–Crippen MR) is 117 cm³/mol. The number of thioether (sulfide) groups is 1. The topological polar surface area (TPSA) is 81.1 Å². The molecule has 0 aliphatic carbocycles. The number of carbonyl (C=O) groups excluding carboxylic acids is 1. The van der Waals surface area contributed by atoms with E-state index in [0.29, 0.717) is 22.4 Å².